The number of Topliss-reactive ketones (excluding diaryl/α,β-unsaturated/α-hetero) is 1. The van der Waals surface area contributed by atoms with E-state index in [1.54, 1.807) is 0 Å². The minimum atomic E-state index is -1.07. The van der Waals surface area contributed by atoms with Crippen LogP contribution in [0.4, 0.5) is 0 Å². The maximum Gasteiger partial charge on any atom is 0.380 e. The SMILES string of the molecule is Cc1cccc2c1C(C)C(C)C(C)C2C(=O)C(=O)Oc1ccc(C(=O)O)cc1. The predicted molar refractivity (Wildman–Crippen MR) is 105 cm³/mol. The van der Waals surface area contributed by atoms with Gasteiger partial charge in [-0.05, 0) is 65.6 Å². The van der Waals surface area contributed by atoms with E-state index in [0.717, 1.165) is 16.7 Å². The Morgan fingerprint density at radius 2 is 1.57 bits per heavy atom. The molecule has 0 saturated carbocycles. The number of hydrogen-bond donors (Lipinski definition) is 1. The molecule has 3 rings (SSSR count). The Morgan fingerprint density at radius 1 is 0.929 bits per heavy atom. The van der Waals surface area contributed by atoms with Crippen molar-refractivity contribution < 1.29 is 24.2 Å². The third-order valence-electron chi connectivity index (χ3n) is 6.09. The molecule has 0 heterocycles. The third-order valence-corrected chi connectivity index (χ3v) is 6.09. The van der Waals surface area contributed by atoms with E-state index >= 15 is 0 Å². The molecule has 1 N–H and O–H groups in total. The largest absolute Gasteiger partial charge is 0.478 e. The minimum Gasteiger partial charge on any atom is -0.478 e. The number of ketones is 1. The van der Waals surface area contributed by atoms with Crippen LogP contribution in [0.25, 0.3) is 0 Å². The molecule has 0 amide bonds. The van der Waals surface area contributed by atoms with Crippen LogP contribution >= 0.6 is 0 Å². The molecule has 0 saturated heterocycles. The standard InChI is InChI=1S/C23H24O5/c1-12-6-5-7-18-19(12)14(3)13(2)15(4)20(18)21(24)23(27)28-17-10-8-16(9-11-17)22(25)26/h5-11,13-15,20H,1-4H3,(H,25,26). The Labute approximate surface area is 164 Å². The number of hydrogen-bond acceptors (Lipinski definition) is 4. The van der Waals surface area contributed by atoms with Crippen LogP contribution in [-0.2, 0) is 9.59 Å². The monoisotopic (exact) mass is 380 g/mol. The van der Waals surface area contributed by atoms with Crippen LogP contribution in [0.2, 0.25) is 0 Å². The molecule has 0 radical (unpaired) electrons. The smallest absolute Gasteiger partial charge is 0.380 e. The summed E-state index contributed by atoms with van der Waals surface area (Å²) in [5, 5.41) is 8.94. The number of carboxylic acid groups (broad SMARTS) is 1. The van der Waals surface area contributed by atoms with Crippen molar-refractivity contribution in [3.05, 3.63) is 64.7 Å². The van der Waals surface area contributed by atoms with Gasteiger partial charge in [-0.3, -0.25) is 4.79 Å². The van der Waals surface area contributed by atoms with Crippen LogP contribution in [0, 0.1) is 18.8 Å². The first-order valence-corrected chi connectivity index (χ1v) is 9.41. The Bertz CT molecular complexity index is 929. The number of esters is 1. The van der Waals surface area contributed by atoms with Gasteiger partial charge in [0.1, 0.15) is 5.75 Å². The van der Waals surface area contributed by atoms with E-state index in [0.29, 0.717) is 5.92 Å². The molecule has 5 heteroatoms. The van der Waals surface area contributed by atoms with Gasteiger partial charge < -0.3 is 9.84 Å². The number of carboxylic acids is 1. The molecule has 4 atom stereocenters. The summed E-state index contributed by atoms with van der Waals surface area (Å²) in [7, 11) is 0. The highest BCUT2D eigenvalue weighted by molar-refractivity contribution is 6.36. The summed E-state index contributed by atoms with van der Waals surface area (Å²) in [6.07, 6.45) is 0. The number of benzene rings is 2. The zero-order valence-electron chi connectivity index (χ0n) is 16.4. The number of fused-ring (bicyclic) bond motifs is 1. The Kier molecular flexibility index (Phi) is 5.36. The van der Waals surface area contributed by atoms with Gasteiger partial charge in [-0.25, -0.2) is 9.59 Å². The highest BCUT2D eigenvalue weighted by Crippen LogP contribution is 2.47. The summed E-state index contributed by atoms with van der Waals surface area (Å²) in [6, 6.07) is 11.3. The van der Waals surface area contributed by atoms with Crippen molar-refractivity contribution in [1.29, 1.82) is 0 Å². The second-order valence-corrected chi connectivity index (χ2v) is 7.65. The van der Waals surface area contributed by atoms with Gasteiger partial charge >= 0.3 is 11.9 Å². The van der Waals surface area contributed by atoms with Crippen LogP contribution in [-0.4, -0.2) is 22.8 Å². The first-order chi connectivity index (χ1) is 13.2. The molecule has 0 aliphatic heterocycles. The quantitative estimate of drug-likeness (QED) is 0.485. The van der Waals surface area contributed by atoms with E-state index in [1.165, 1.54) is 24.3 Å². The number of aryl methyl sites for hydroxylation is 1. The maximum atomic E-state index is 13.0. The van der Waals surface area contributed by atoms with Gasteiger partial charge in [0.15, 0.2) is 0 Å². The van der Waals surface area contributed by atoms with Gasteiger partial charge in [-0.15, -0.1) is 0 Å². The van der Waals surface area contributed by atoms with Crippen molar-refractivity contribution in [2.24, 2.45) is 11.8 Å². The van der Waals surface area contributed by atoms with Gasteiger partial charge in [0, 0.05) is 0 Å². The number of rotatable bonds is 4. The van der Waals surface area contributed by atoms with E-state index in [-0.39, 0.29) is 23.1 Å². The second-order valence-electron chi connectivity index (χ2n) is 7.65. The number of aromatic carboxylic acids is 1. The lowest BCUT2D eigenvalue weighted by atomic mass is 9.63. The molecule has 0 fully saturated rings. The lowest BCUT2D eigenvalue weighted by Gasteiger charge is -2.40. The summed E-state index contributed by atoms with van der Waals surface area (Å²) in [5.74, 6) is -2.42. The first kappa shape index (κ1) is 19.8. The van der Waals surface area contributed by atoms with Gasteiger partial charge in [-0.2, -0.15) is 0 Å². The van der Waals surface area contributed by atoms with Crippen molar-refractivity contribution in [3.8, 4) is 5.75 Å². The molecule has 1 aliphatic rings. The van der Waals surface area contributed by atoms with E-state index < -0.39 is 23.6 Å². The molecule has 4 unspecified atom stereocenters. The summed E-state index contributed by atoms with van der Waals surface area (Å²) >= 11 is 0. The van der Waals surface area contributed by atoms with Gasteiger partial charge in [0.05, 0.1) is 11.5 Å². The highest BCUT2D eigenvalue weighted by Gasteiger charge is 2.43. The Balaban J connectivity index is 1.88. The second kappa shape index (κ2) is 7.58. The minimum absolute atomic E-state index is 0.00117. The third kappa shape index (κ3) is 3.44. The zero-order valence-corrected chi connectivity index (χ0v) is 16.4. The molecule has 2 aromatic carbocycles. The topological polar surface area (TPSA) is 80.7 Å². The van der Waals surface area contributed by atoms with E-state index in [1.807, 2.05) is 32.0 Å². The lowest BCUT2D eigenvalue weighted by molar-refractivity contribution is -0.148. The number of carbonyl (C=O) groups is 3. The predicted octanol–water partition coefficient (Wildman–Crippen LogP) is 4.34. The maximum absolute atomic E-state index is 13.0. The van der Waals surface area contributed by atoms with Crippen molar-refractivity contribution in [1.82, 2.24) is 0 Å². The molecule has 0 bridgehead atoms. The fourth-order valence-corrected chi connectivity index (χ4v) is 4.23. The molecular weight excluding hydrogens is 356 g/mol. The molecule has 146 valence electrons. The van der Waals surface area contributed by atoms with E-state index in [2.05, 4.69) is 13.8 Å². The molecule has 5 nitrogen and oxygen atoms in total. The van der Waals surface area contributed by atoms with Crippen LogP contribution in [0.1, 0.15) is 59.7 Å². The zero-order chi connectivity index (χ0) is 20.6. The molecule has 28 heavy (non-hydrogen) atoms. The molecule has 0 spiro atoms. The normalized spacial score (nSPS) is 23.6. The lowest BCUT2D eigenvalue weighted by Crippen LogP contribution is -2.38. The van der Waals surface area contributed by atoms with E-state index in [9.17, 15) is 14.4 Å². The molecular formula is C23H24O5. The van der Waals surface area contributed by atoms with Gasteiger partial charge in [0.25, 0.3) is 0 Å². The van der Waals surface area contributed by atoms with Crippen molar-refractivity contribution in [3.63, 3.8) is 0 Å². The van der Waals surface area contributed by atoms with Crippen LogP contribution in [0.3, 0.4) is 0 Å². The molecule has 2 aromatic rings. The van der Waals surface area contributed by atoms with Gasteiger partial charge in [0.2, 0.25) is 5.78 Å². The molecule has 0 aromatic heterocycles. The van der Waals surface area contributed by atoms with Crippen LogP contribution in [0.15, 0.2) is 42.5 Å². The van der Waals surface area contributed by atoms with Crippen LogP contribution < -0.4 is 4.74 Å². The summed E-state index contributed by atoms with van der Waals surface area (Å²) < 4.78 is 5.24. The fourth-order valence-electron chi connectivity index (χ4n) is 4.23. The number of ether oxygens (including phenoxy) is 1. The average molecular weight is 380 g/mol. The Hall–Kier alpha value is -2.95. The fraction of sp³-hybridized carbons (Fsp3) is 0.348. The first-order valence-electron chi connectivity index (χ1n) is 9.41. The van der Waals surface area contributed by atoms with Crippen LogP contribution in [0.5, 0.6) is 5.75 Å². The van der Waals surface area contributed by atoms with E-state index in [4.69, 9.17) is 9.84 Å². The highest BCUT2D eigenvalue weighted by atomic mass is 16.5. The Morgan fingerprint density at radius 3 is 2.18 bits per heavy atom. The van der Waals surface area contributed by atoms with Crippen molar-refractivity contribution >= 4 is 17.7 Å². The summed E-state index contributed by atoms with van der Waals surface area (Å²) in [4.78, 5) is 36.5. The molecule has 1 aliphatic carbocycles. The number of carbonyl (C=O) groups excluding carboxylic acids is 2. The van der Waals surface area contributed by atoms with Crippen molar-refractivity contribution in [2.45, 2.75) is 39.5 Å². The van der Waals surface area contributed by atoms with Crippen molar-refractivity contribution in [2.75, 3.05) is 0 Å². The van der Waals surface area contributed by atoms with Gasteiger partial charge in [-0.1, -0.05) is 39.0 Å². The summed E-state index contributed by atoms with van der Waals surface area (Å²) in [5.41, 5.74) is 3.25. The summed E-state index contributed by atoms with van der Waals surface area (Å²) in [6.45, 7) is 8.31. The average Bonchev–Trinajstić information content (AvgIpc) is 2.66.